The summed E-state index contributed by atoms with van der Waals surface area (Å²) in [5.41, 5.74) is -0.604. The Hall–Kier alpha value is -1.84. The molecule has 3 heteroatoms. The van der Waals surface area contributed by atoms with Gasteiger partial charge in [0.05, 0.1) is 11.2 Å². The zero-order chi connectivity index (χ0) is 15.7. The van der Waals surface area contributed by atoms with Gasteiger partial charge in [-0.3, -0.25) is 0 Å². The maximum Gasteiger partial charge on any atom is 0.128 e. The van der Waals surface area contributed by atoms with Crippen LogP contribution in [0.1, 0.15) is 38.8 Å². The lowest BCUT2D eigenvalue weighted by Crippen LogP contribution is -2.20. The van der Waals surface area contributed by atoms with Crippen LogP contribution in [0.25, 0.3) is 0 Å². The van der Waals surface area contributed by atoms with Crippen LogP contribution in [-0.2, 0) is 11.2 Å². The molecule has 0 bridgehead atoms. The molecule has 0 spiro atoms. The van der Waals surface area contributed by atoms with Crippen molar-refractivity contribution in [2.45, 2.75) is 38.9 Å². The standard InChI is InChI=1S/C18H22O3/c1-17(2,19)13-10-14(18(3,4)20)12-16(11-13)21-15-8-6-5-7-9-15/h5-12,19-20H,1-4H3. The molecular formula is C18H22O3. The summed E-state index contributed by atoms with van der Waals surface area (Å²) in [4.78, 5) is 0. The molecule has 2 rings (SSSR count). The summed E-state index contributed by atoms with van der Waals surface area (Å²) in [7, 11) is 0. The van der Waals surface area contributed by atoms with Crippen LogP contribution in [0.3, 0.4) is 0 Å². The fourth-order valence-electron chi connectivity index (χ4n) is 1.99. The Balaban J connectivity index is 2.45. The lowest BCUT2D eigenvalue weighted by molar-refractivity contribution is 0.0714. The SMILES string of the molecule is CC(C)(O)c1cc(Oc2ccccc2)cc(C(C)(C)O)c1. The van der Waals surface area contributed by atoms with Crippen LogP contribution in [0.5, 0.6) is 11.5 Å². The Kier molecular flexibility index (Phi) is 4.08. The maximum atomic E-state index is 10.2. The van der Waals surface area contributed by atoms with E-state index in [0.717, 1.165) is 0 Å². The molecule has 0 aliphatic carbocycles. The summed E-state index contributed by atoms with van der Waals surface area (Å²) < 4.78 is 5.83. The number of rotatable bonds is 4. The number of hydrogen-bond acceptors (Lipinski definition) is 3. The zero-order valence-corrected chi connectivity index (χ0v) is 12.9. The minimum atomic E-state index is -1.00. The van der Waals surface area contributed by atoms with Gasteiger partial charge in [-0.2, -0.15) is 0 Å². The second kappa shape index (κ2) is 5.51. The first-order chi connectivity index (χ1) is 9.66. The highest BCUT2D eigenvalue weighted by atomic mass is 16.5. The highest BCUT2D eigenvalue weighted by Gasteiger charge is 2.23. The van der Waals surface area contributed by atoms with E-state index in [1.807, 2.05) is 30.3 Å². The Bertz CT molecular complexity index is 572. The van der Waals surface area contributed by atoms with E-state index < -0.39 is 11.2 Å². The van der Waals surface area contributed by atoms with Gasteiger partial charge in [-0.15, -0.1) is 0 Å². The molecule has 0 aromatic heterocycles. The lowest BCUT2D eigenvalue weighted by Gasteiger charge is -2.24. The smallest absolute Gasteiger partial charge is 0.128 e. The minimum Gasteiger partial charge on any atom is -0.457 e. The summed E-state index contributed by atoms with van der Waals surface area (Å²) >= 11 is 0. The van der Waals surface area contributed by atoms with E-state index in [1.165, 1.54) is 0 Å². The van der Waals surface area contributed by atoms with Gasteiger partial charge in [-0.25, -0.2) is 0 Å². The third-order valence-electron chi connectivity index (χ3n) is 3.30. The van der Waals surface area contributed by atoms with Crippen molar-refractivity contribution < 1.29 is 14.9 Å². The Morgan fingerprint density at radius 2 is 1.19 bits per heavy atom. The predicted molar refractivity (Wildman–Crippen MR) is 83.4 cm³/mol. The number of benzene rings is 2. The van der Waals surface area contributed by atoms with E-state index in [-0.39, 0.29) is 0 Å². The molecule has 3 nitrogen and oxygen atoms in total. The maximum absolute atomic E-state index is 10.2. The second-order valence-corrected chi connectivity index (χ2v) is 6.28. The van der Waals surface area contributed by atoms with Gasteiger partial charge in [0, 0.05) is 0 Å². The van der Waals surface area contributed by atoms with Crippen molar-refractivity contribution in [3.63, 3.8) is 0 Å². The van der Waals surface area contributed by atoms with E-state index in [9.17, 15) is 10.2 Å². The van der Waals surface area contributed by atoms with Crippen molar-refractivity contribution in [2.75, 3.05) is 0 Å². The summed E-state index contributed by atoms with van der Waals surface area (Å²) in [5, 5.41) is 20.5. The van der Waals surface area contributed by atoms with Crippen LogP contribution >= 0.6 is 0 Å². The molecule has 0 fully saturated rings. The van der Waals surface area contributed by atoms with E-state index in [4.69, 9.17) is 4.74 Å². The van der Waals surface area contributed by atoms with Gasteiger partial charge in [0.2, 0.25) is 0 Å². The first kappa shape index (κ1) is 15.5. The topological polar surface area (TPSA) is 49.7 Å². The molecule has 0 heterocycles. The van der Waals surface area contributed by atoms with Gasteiger partial charge >= 0.3 is 0 Å². The molecule has 0 saturated carbocycles. The van der Waals surface area contributed by atoms with Crippen molar-refractivity contribution in [3.05, 3.63) is 59.7 Å². The van der Waals surface area contributed by atoms with Crippen LogP contribution in [0, 0.1) is 0 Å². The molecule has 0 saturated heterocycles. The van der Waals surface area contributed by atoms with Gasteiger partial charge in [-0.05, 0) is 69.2 Å². The van der Waals surface area contributed by atoms with Gasteiger partial charge in [0.25, 0.3) is 0 Å². The van der Waals surface area contributed by atoms with Gasteiger partial charge < -0.3 is 14.9 Å². The fourth-order valence-corrected chi connectivity index (χ4v) is 1.99. The van der Waals surface area contributed by atoms with Gasteiger partial charge in [0.1, 0.15) is 11.5 Å². The van der Waals surface area contributed by atoms with Crippen molar-refractivity contribution in [1.82, 2.24) is 0 Å². The molecule has 0 radical (unpaired) electrons. The molecule has 0 aliphatic rings. The van der Waals surface area contributed by atoms with Crippen LogP contribution in [-0.4, -0.2) is 10.2 Å². The Labute approximate surface area is 125 Å². The first-order valence-electron chi connectivity index (χ1n) is 7.00. The van der Waals surface area contributed by atoms with Gasteiger partial charge in [0.15, 0.2) is 0 Å². The Morgan fingerprint density at radius 3 is 1.62 bits per heavy atom. The summed E-state index contributed by atoms with van der Waals surface area (Å²) in [5.74, 6) is 1.31. The zero-order valence-electron chi connectivity index (χ0n) is 12.9. The monoisotopic (exact) mass is 286 g/mol. The molecule has 0 unspecified atom stereocenters. The highest BCUT2D eigenvalue weighted by molar-refractivity contribution is 5.41. The number of para-hydroxylation sites is 1. The van der Waals surface area contributed by atoms with Crippen LogP contribution in [0.15, 0.2) is 48.5 Å². The third-order valence-corrected chi connectivity index (χ3v) is 3.30. The molecule has 0 amide bonds. The molecule has 0 atom stereocenters. The van der Waals surface area contributed by atoms with Crippen LogP contribution < -0.4 is 4.74 Å². The fraction of sp³-hybridized carbons (Fsp3) is 0.333. The molecule has 21 heavy (non-hydrogen) atoms. The molecule has 0 aliphatic heterocycles. The normalized spacial score (nSPS) is 12.3. The average Bonchev–Trinajstić information content (AvgIpc) is 2.37. The summed E-state index contributed by atoms with van der Waals surface area (Å²) in [6.07, 6.45) is 0. The number of ether oxygens (including phenoxy) is 1. The second-order valence-electron chi connectivity index (χ2n) is 6.28. The van der Waals surface area contributed by atoms with Gasteiger partial charge in [-0.1, -0.05) is 18.2 Å². The van der Waals surface area contributed by atoms with Crippen molar-refractivity contribution in [3.8, 4) is 11.5 Å². The summed E-state index contributed by atoms with van der Waals surface area (Å²) in [6.45, 7) is 6.84. The largest absolute Gasteiger partial charge is 0.457 e. The Morgan fingerprint density at radius 1 is 0.714 bits per heavy atom. The number of aliphatic hydroxyl groups is 2. The predicted octanol–water partition coefficient (Wildman–Crippen LogP) is 3.93. The number of hydrogen-bond donors (Lipinski definition) is 2. The van der Waals surface area contributed by atoms with Crippen molar-refractivity contribution >= 4 is 0 Å². The van der Waals surface area contributed by atoms with E-state index in [2.05, 4.69) is 0 Å². The van der Waals surface area contributed by atoms with Crippen LogP contribution in [0.2, 0.25) is 0 Å². The molecule has 112 valence electrons. The van der Waals surface area contributed by atoms with Crippen molar-refractivity contribution in [2.24, 2.45) is 0 Å². The first-order valence-corrected chi connectivity index (χ1v) is 7.00. The van der Waals surface area contributed by atoms with E-state index in [0.29, 0.717) is 22.6 Å². The molecular weight excluding hydrogens is 264 g/mol. The van der Waals surface area contributed by atoms with Crippen molar-refractivity contribution in [1.29, 1.82) is 0 Å². The van der Waals surface area contributed by atoms with E-state index in [1.54, 1.807) is 45.9 Å². The summed E-state index contributed by atoms with van der Waals surface area (Å²) in [6, 6.07) is 14.8. The quantitative estimate of drug-likeness (QED) is 0.895. The minimum absolute atomic E-state index is 0.595. The third kappa shape index (κ3) is 4.06. The van der Waals surface area contributed by atoms with E-state index >= 15 is 0 Å². The molecule has 2 N–H and O–H groups in total. The highest BCUT2D eigenvalue weighted by Crippen LogP contribution is 2.32. The average molecular weight is 286 g/mol. The molecule has 2 aromatic rings. The lowest BCUT2D eigenvalue weighted by atomic mass is 9.90. The molecule has 2 aromatic carbocycles. The van der Waals surface area contributed by atoms with Crippen LogP contribution in [0.4, 0.5) is 0 Å².